The van der Waals surface area contributed by atoms with Gasteiger partial charge in [-0.15, -0.1) is 0 Å². The predicted molar refractivity (Wildman–Crippen MR) is 169 cm³/mol. The van der Waals surface area contributed by atoms with Gasteiger partial charge in [-0.05, 0) is 83.9 Å². The van der Waals surface area contributed by atoms with Gasteiger partial charge in [0.25, 0.3) is 0 Å². The van der Waals surface area contributed by atoms with E-state index in [1.807, 2.05) is 35.2 Å². The van der Waals surface area contributed by atoms with Gasteiger partial charge in [0.05, 0.1) is 34.2 Å². The van der Waals surface area contributed by atoms with Crippen LogP contribution in [0.3, 0.4) is 0 Å². The normalized spacial score (nSPS) is 26.8. The fraction of sp³-hybridized carbons (Fsp3) is 0.306. The average Bonchev–Trinajstić information content (AvgIpc) is 3.67. The van der Waals surface area contributed by atoms with Crippen molar-refractivity contribution >= 4 is 38.9 Å². The first-order valence-electron chi connectivity index (χ1n) is 15.8. The predicted octanol–water partition coefficient (Wildman–Crippen LogP) is 7.15. The van der Waals surface area contributed by atoms with Crippen molar-refractivity contribution in [2.45, 2.75) is 56.5 Å². The Balaban J connectivity index is 0.931. The van der Waals surface area contributed by atoms with Crippen LogP contribution >= 0.6 is 0 Å². The Morgan fingerprint density at radius 3 is 2.57 bits per heavy atom. The highest BCUT2D eigenvalue weighted by atomic mass is 16.6. The second-order valence-corrected chi connectivity index (χ2v) is 13.2. The smallest absolute Gasteiger partial charge is 0.410 e. The second-order valence-electron chi connectivity index (χ2n) is 13.2. The number of H-pyrrole nitrogens is 2. The molecule has 2 aromatic heterocycles. The molecule has 2 saturated heterocycles. The van der Waals surface area contributed by atoms with E-state index in [0.717, 1.165) is 79.9 Å². The molecule has 4 aliphatic rings. The molecular formula is C36H32N6O2. The van der Waals surface area contributed by atoms with Crippen LogP contribution in [0.25, 0.3) is 44.0 Å². The number of aromatic nitrogens is 4. The highest BCUT2D eigenvalue weighted by molar-refractivity contribution is 6.05. The summed E-state index contributed by atoms with van der Waals surface area (Å²) in [6.07, 6.45) is 4.22. The number of hydrogen-bond acceptors (Lipinski definition) is 5. The van der Waals surface area contributed by atoms with Crippen molar-refractivity contribution < 1.29 is 9.53 Å². The largest absolute Gasteiger partial charge is 0.445 e. The summed E-state index contributed by atoms with van der Waals surface area (Å²) in [7, 11) is 0. The number of amides is 1. The Kier molecular flexibility index (Phi) is 5.15. The maximum Gasteiger partial charge on any atom is 0.410 e. The van der Waals surface area contributed by atoms with Crippen molar-refractivity contribution in [2.75, 3.05) is 0 Å². The molecule has 2 saturated carbocycles. The van der Waals surface area contributed by atoms with Gasteiger partial charge in [-0.1, -0.05) is 54.6 Å². The Morgan fingerprint density at radius 1 is 0.818 bits per heavy atom. The number of benzene rings is 4. The molecule has 6 aromatic rings. The quantitative estimate of drug-likeness (QED) is 0.201. The Labute approximate surface area is 253 Å². The van der Waals surface area contributed by atoms with E-state index in [1.165, 1.54) is 12.8 Å². The summed E-state index contributed by atoms with van der Waals surface area (Å²) in [4.78, 5) is 32.3. The summed E-state index contributed by atoms with van der Waals surface area (Å²) in [5.74, 6) is 3.26. The number of ether oxygens (including phenoxy) is 1. The molecule has 3 N–H and O–H groups in total. The van der Waals surface area contributed by atoms with E-state index in [4.69, 9.17) is 14.7 Å². The number of piperidine rings is 2. The van der Waals surface area contributed by atoms with Gasteiger partial charge in [0.15, 0.2) is 0 Å². The van der Waals surface area contributed by atoms with E-state index >= 15 is 0 Å². The van der Waals surface area contributed by atoms with Gasteiger partial charge in [0, 0.05) is 17.5 Å². The molecule has 4 fully saturated rings. The van der Waals surface area contributed by atoms with E-state index in [0.29, 0.717) is 18.0 Å². The first kappa shape index (κ1) is 24.7. The lowest BCUT2D eigenvalue weighted by Gasteiger charge is -2.25. The molecule has 2 aliphatic heterocycles. The van der Waals surface area contributed by atoms with Crippen LogP contribution in [0.2, 0.25) is 0 Å². The summed E-state index contributed by atoms with van der Waals surface area (Å²) in [6, 6.07) is 28.4. The highest BCUT2D eigenvalue weighted by Crippen LogP contribution is 2.53. The van der Waals surface area contributed by atoms with Gasteiger partial charge in [-0.2, -0.15) is 0 Å². The van der Waals surface area contributed by atoms with Gasteiger partial charge in [0.2, 0.25) is 0 Å². The molecule has 6 atom stereocenters. The first-order valence-corrected chi connectivity index (χ1v) is 15.8. The third kappa shape index (κ3) is 3.97. The highest BCUT2D eigenvalue weighted by Gasteiger charge is 2.56. The standard InChI is InChI=1S/C36H32N6O2/c43-36(44-18-19-4-2-1-3-5-19)42-31-16-24(31)17-32(42)35-39-27-11-8-22-12-20(6-9-25(22)33(27)41-35)21-7-10-26-29(13-21)40-34(38-26)30-15-23-14-28(23)37-30/h1-13,23-24,28,30-32,37H,14-18H2,(H,38,40)(H,39,41)/t23-,24-,28-,30+,31-,32+/m1/s1. The molecule has 4 aromatic carbocycles. The van der Waals surface area contributed by atoms with E-state index in [1.54, 1.807) is 0 Å². The topological polar surface area (TPSA) is 98.9 Å². The molecule has 0 bridgehead atoms. The summed E-state index contributed by atoms with van der Waals surface area (Å²) >= 11 is 0. The van der Waals surface area contributed by atoms with E-state index < -0.39 is 0 Å². The molecule has 4 heterocycles. The van der Waals surface area contributed by atoms with Crippen LogP contribution in [0, 0.1) is 11.8 Å². The molecule has 2 aliphatic carbocycles. The van der Waals surface area contributed by atoms with Crippen LogP contribution in [0.15, 0.2) is 78.9 Å². The van der Waals surface area contributed by atoms with Gasteiger partial charge >= 0.3 is 6.09 Å². The summed E-state index contributed by atoms with van der Waals surface area (Å²) < 4.78 is 5.76. The number of carbonyl (C=O) groups is 1. The third-order valence-corrected chi connectivity index (χ3v) is 10.4. The average molecular weight is 581 g/mol. The number of nitrogens with one attached hydrogen (secondary N) is 3. The van der Waals surface area contributed by atoms with Crippen LogP contribution in [0.5, 0.6) is 0 Å². The van der Waals surface area contributed by atoms with Gasteiger partial charge < -0.3 is 20.0 Å². The second kappa shape index (κ2) is 9.16. The zero-order valence-electron chi connectivity index (χ0n) is 24.2. The number of nitrogens with zero attached hydrogens (tertiary/aromatic N) is 3. The molecule has 44 heavy (non-hydrogen) atoms. The molecule has 0 spiro atoms. The van der Waals surface area contributed by atoms with Gasteiger partial charge in [0.1, 0.15) is 18.3 Å². The van der Waals surface area contributed by atoms with Crippen LogP contribution in [-0.2, 0) is 11.3 Å². The van der Waals surface area contributed by atoms with E-state index in [9.17, 15) is 4.79 Å². The Bertz CT molecular complexity index is 2090. The maximum atomic E-state index is 13.3. The zero-order valence-corrected chi connectivity index (χ0v) is 24.2. The SMILES string of the molecule is O=C(OCc1ccccc1)N1[C@@H]2C[C@@H]2C[C@H]1c1nc2c(ccc3cc(-c4ccc5nc([C@@H]6C[C@H]7C[C@H]7N6)[nH]c5c4)ccc32)[nH]1. The van der Waals surface area contributed by atoms with Gasteiger partial charge in [-0.3, -0.25) is 4.90 Å². The van der Waals surface area contributed by atoms with Crippen LogP contribution in [0.1, 0.15) is 55.0 Å². The molecule has 0 unspecified atom stereocenters. The molecule has 218 valence electrons. The lowest BCUT2D eigenvalue weighted by molar-refractivity contribution is 0.0833. The number of fused-ring (bicyclic) bond motifs is 6. The number of imidazole rings is 2. The molecule has 0 radical (unpaired) electrons. The molecule has 8 heteroatoms. The lowest BCUT2D eigenvalue weighted by atomic mass is 10.0. The maximum absolute atomic E-state index is 13.3. The lowest BCUT2D eigenvalue weighted by Crippen LogP contribution is -2.34. The van der Waals surface area contributed by atoms with Crippen LogP contribution in [0.4, 0.5) is 4.79 Å². The Hall–Kier alpha value is -4.69. The van der Waals surface area contributed by atoms with Crippen LogP contribution < -0.4 is 5.32 Å². The molecular weight excluding hydrogens is 548 g/mol. The molecule has 1 amide bonds. The fourth-order valence-corrected chi connectivity index (χ4v) is 7.82. The minimum Gasteiger partial charge on any atom is -0.445 e. The molecule has 8 nitrogen and oxygen atoms in total. The number of likely N-dealkylation sites (tertiary alicyclic amines) is 1. The number of aromatic amines is 2. The van der Waals surface area contributed by atoms with E-state index in [2.05, 4.69) is 63.8 Å². The number of carbonyl (C=O) groups excluding carboxylic acids is 1. The Morgan fingerprint density at radius 2 is 1.68 bits per heavy atom. The first-order chi connectivity index (χ1) is 21.6. The van der Waals surface area contributed by atoms with Crippen molar-refractivity contribution in [1.82, 2.24) is 30.2 Å². The fourth-order valence-electron chi connectivity index (χ4n) is 7.82. The summed E-state index contributed by atoms with van der Waals surface area (Å²) in [5.41, 5.74) is 7.34. The zero-order chi connectivity index (χ0) is 28.9. The monoisotopic (exact) mass is 580 g/mol. The van der Waals surface area contributed by atoms with Crippen molar-refractivity contribution in [1.29, 1.82) is 0 Å². The number of hydrogen-bond donors (Lipinski definition) is 3. The summed E-state index contributed by atoms with van der Waals surface area (Å²) in [6.45, 7) is 0.278. The summed E-state index contributed by atoms with van der Waals surface area (Å²) in [5, 5.41) is 5.94. The van der Waals surface area contributed by atoms with Crippen molar-refractivity contribution in [3.05, 3.63) is 96.1 Å². The third-order valence-electron chi connectivity index (χ3n) is 10.4. The van der Waals surface area contributed by atoms with Crippen molar-refractivity contribution in [3.8, 4) is 11.1 Å². The number of rotatable bonds is 5. The van der Waals surface area contributed by atoms with Crippen molar-refractivity contribution in [2.24, 2.45) is 11.8 Å². The minimum atomic E-state index is -0.253. The minimum absolute atomic E-state index is 0.0972. The van der Waals surface area contributed by atoms with Crippen molar-refractivity contribution in [3.63, 3.8) is 0 Å². The van der Waals surface area contributed by atoms with E-state index in [-0.39, 0.29) is 24.8 Å². The van der Waals surface area contributed by atoms with Crippen LogP contribution in [-0.4, -0.2) is 43.0 Å². The molecule has 10 rings (SSSR count). The van der Waals surface area contributed by atoms with Gasteiger partial charge in [-0.25, -0.2) is 14.8 Å².